The smallest absolute Gasteiger partial charge is 0.0794 e. The van der Waals surface area contributed by atoms with Crippen molar-refractivity contribution in [1.29, 1.82) is 0 Å². The zero-order chi connectivity index (χ0) is 9.12. The molecule has 0 heterocycles. The van der Waals surface area contributed by atoms with Crippen LogP contribution >= 0.6 is 0 Å². The topological polar surface area (TPSA) is 32.3 Å². The lowest BCUT2D eigenvalue weighted by molar-refractivity contribution is -0.0258. The third-order valence-electron chi connectivity index (χ3n) is 2.71. The maximum atomic E-state index is 9.98. The van der Waals surface area contributed by atoms with Gasteiger partial charge in [0.25, 0.3) is 0 Å². The fourth-order valence-electron chi connectivity index (χ4n) is 1.07. The minimum absolute atomic E-state index is 0.205. The van der Waals surface area contributed by atoms with Crippen molar-refractivity contribution in [2.45, 2.75) is 51.7 Å². The highest BCUT2D eigenvalue weighted by molar-refractivity contribution is 4.95. The molecule has 2 N–H and O–H groups in total. The third-order valence-corrected chi connectivity index (χ3v) is 2.71. The molecule has 11 heavy (non-hydrogen) atoms. The van der Waals surface area contributed by atoms with Crippen LogP contribution < -0.4 is 5.32 Å². The molecule has 0 saturated carbocycles. The van der Waals surface area contributed by atoms with Gasteiger partial charge in [0.05, 0.1) is 5.60 Å². The summed E-state index contributed by atoms with van der Waals surface area (Å²) in [5.74, 6) is 0. The van der Waals surface area contributed by atoms with Crippen LogP contribution in [-0.2, 0) is 0 Å². The molecule has 2 nitrogen and oxygen atoms in total. The highest BCUT2D eigenvalue weighted by Crippen LogP contribution is 2.25. The van der Waals surface area contributed by atoms with E-state index < -0.39 is 5.60 Å². The lowest BCUT2D eigenvalue weighted by Gasteiger charge is -2.40. The Morgan fingerprint density at radius 3 is 2.00 bits per heavy atom. The zero-order valence-electron chi connectivity index (χ0n) is 8.36. The third kappa shape index (κ3) is 2.46. The summed E-state index contributed by atoms with van der Waals surface area (Å²) in [4.78, 5) is 0. The van der Waals surface area contributed by atoms with Gasteiger partial charge in [-0.1, -0.05) is 13.3 Å². The molecule has 0 aromatic heterocycles. The molecule has 68 valence electrons. The predicted octanol–water partition coefficient (Wildman–Crippen LogP) is 1.54. The lowest BCUT2D eigenvalue weighted by Crippen LogP contribution is -2.56. The summed E-state index contributed by atoms with van der Waals surface area (Å²) in [7, 11) is 1.88. The van der Waals surface area contributed by atoms with E-state index in [9.17, 15) is 5.11 Å². The average Bonchev–Trinajstić information content (AvgIpc) is 1.87. The second-order valence-electron chi connectivity index (χ2n) is 3.90. The van der Waals surface area contributed by atoms with Gasteiger partial charge in [-0.15, -0.1) is 0 Å². The van der Waals surface area contributed by atoms with Gasteiger partial charge in [-0.2, -0.15) is 0 Å². The number of nitrogens with one attached hydrogen (secondary N) is 1. The van der Waals surface area contributed by atoms with Crippen LogP contribution in [0.25, 0.3) is 0 Å². The molecule has 0 aliphatic rings. The Hall–Kier alpha value is -0.0800. The first-order chi connectivity index (χ1) is 4.87. The fourth-order valence-corrected chi connectivity index (χ4v) is 1.07. The van der Waals surface area contributed by atoms with Gasteiger partial charge in [0.15, 0.2) is 0 Å². The largest absolute Gasteiger partial charge is 0.388 e. The zero-order valence-corrected chi connectivity index (χ0v) is 8.36. The first kappa shape index (κ1) is 10.9. The van der Waals surface area contributed by atoms with Gasteiger partial charge in [0, 0.05) is 5.54 Å². The van der Waals surface area contributed by atoms with Gasteiger partial charge in [0.1, 0.15) is 0 Å². The number of hydrogen-bond donors (Lipinski definition) is 2. The number of likely N-dealkylation sites (N-methyl/N-ethyl adjacent to an activating group) is 1. The lowest BCUT2D eigenvalue weighted by atomic mass is 9.81. The molecule has 0 saturated heterocycles. The van der Waals surface area contributed by atoms with Crippen molar-refractivity contribution in [1.82, 2.24) is 5.32 Å². The quantitative estimate of drug-likeness (QED) is 0.652. The Balaban J connectivity index is 4.26. The number of hydrogen-bond acceptors (Lipinski definition) is 2. The molecular formula is C9H21NO. The molecule has 0 spiro atoms. The van der Waals surface area contributed by atoms with E-state index in [1.165, 1.54) is 0 Å². The number of rotatable bonds is 4. The van der Waals surface area contributed by atoms with Crippen molar-refractivity contribution in [2.24, 2.45) is 0 Å². The van der Waals surface area contributed by atoms with E-state index in [2.05, 4.69) is 12.2 Å². The van der Waals surface area contributed by atoms with Crippen molar-refractivity contribution in [2.75, 3.05) is 7.05 Å². The molecule has 0 aliphatic carbocycles. The van der Waals surface area contributed by atoms with Crippen LogP contribution in [0.2, 0.25) is 0 Å². The first-order valence-electron chi connectivity index (χ1n) is 4.28. The molecule has 1 unspecified atom stereocenters. The van der Waals surface area contributed by atoms with Crippen molar-refractivity contribution in [3.8, 4) is 0 Å². The molecule has 0 radical (unpaired) electrons. The van der Waals surface area contributed by atoms with E-state index in [1.54, 1.807) is 0 Å². The van der Waals surface area contributed by atoms with Gasteiger partial charge in [-0.25, -0.2) is 0 Å². The summed E-state index contributed by atoms with van der Waals surface area (Å²) in [6.45, 7) is 8.00. The van der Waals surface area contributed by atoms with Crippen molar-refractivity contribution < 1.29 is 5.11 Å². The molecule has 0 aliphatic heterocycles. The predicted molar refractivity (Wildman–Crippen MR) is 48.7 cm³/mol. The number of aliphatic hydroxyl groups is 1. The van der Waals surface area contributed by atoms with Gasteiger partial charge >= 0.3 is 0 Å². The van der Waals surface area contributed by atoms with E-state index in [0.29, 0.717) is 0 Å². The molecule has 0 aromatic rings. The molecule has 1 atom stereocenters. The normalized spacial score (nSPS) is 18.0. The van der Waals surface area contributed by atoms with Crippen LogP contribution in [0, 0.1) is 0 Å². The Kier molecular flexibility index (Phi) is 3.52. The molecular weight excluding hydrogens is 138 g/mol. The monoisotopic (exact) mass is 159 g/mol. The van der Waals surface area contributed by atoms with E-state index in [4.69, 9.17) is 0 Å². The van der Waals surface area contributed by atoms with Crippen LogP contribution in [0.4, 0.5) is 0 Å². The minimum Gasteiger partial charge on any atom is -0.388 e. The van der Waals surface area contributed by atoms with Gasteiger partial charge in [-0.3, -0.25) is 0 Å². The molecule has 0 fully saturated rings. The fraction of sp³-hybridized carbons (Fsp3) is 1.00. The summed E-state index contributed by atoms with van der Waals surface area (Å²) >= 11 is 0. The van der Waals surface area contributed by atoms with Crippen LogP contribution in [0.15, 0.2) is 0 Å². The van der Waals surface area contributed by atoms with Gasteiger partial charge < -0.3 is 10.4 Å². The highest BCUT2D eigenvalue weighted by atomic mass is 16.3. The molecule has 0 bridgehead atoms. The summed E-state index contributed by atoms with van der Waals surface area (Å²) < 4.78 is 0. The summed E-state index contributed by atoms with van der Waals surface area (Å²) in [5, 5.41) is 13.1. The Morgan fingerprint density at radius 2 is 1.73 bits per heavy atom. The Labute approximate surface area is 70.0 Å². The summed E-state index contributed by atoms with van der Waals surface area (Å²) in [6, 6.07) is 0. The Bertz CT molecular complexity index is 119. The maximum Gasteiger partial charge on any atom is 0.0794 e. The van der Waals surface area contributed by atoms with E-state index in [0.717, 1.165) is 12.8 Å². The standard InChI is InChI=1S/C9H21NO/c1-6-7-9(4,11)8(2,3)10-5/h10-11H,6-7H2,1-5H3. The first-order valence-corrected chi connectivity index (χ1v) is 4.28. The van der Waals surface area contributed by atoms with Crippen LogP contribution in [0.3, 0.4) is 0 Å². The average molecular weight is 159 g/mol. The van der Waals surface area contributed by atoms with Crippen molar-refractivity contribution in [3.05, 3.63) is 0 Å². The Morgan fingerprint density at radius 1 is 1.27 bits per heavy atom. The minimum atomic E-state index is -0.615. The van der Waals surface area contributed by atoms with Crippen LogP contribution in [0.1, 0.15) is 40.5 Å². The van der Waals surface area contributed by atoms with Crippen molar-refractivity contribution in [3.63, 3.8) is 0 Å². The van der Waals surface area contributed by atoms with Crippen LogP contribution in [0.5, 0.6) is 0 Å². The summed E-state index contributed by atoms with van der Waals surface area (Å²) in [6.07, 6.45) is 1.85. The highest BCUT2D eigenvalue weighted by Gasteiger charge is 2.36. The van der Waals surface area contributed by atoms with E-state index >= 15 is 0 Å². The van der Waals surface area contributed by atoms with Gasteiger partial charge in [-0.05, 0) is 34.2 Å². The molecule has 0 rings (SSSR count). The summed E-state index contributed by atoms with van der Waals surface area (Å²) in [5.41, 5.74) is -0.820. The van der Waals surface area contributed by atoms with E-state index in [1.807, 2.05) is 27.8 Å². The van der Waals surface area contributed by atoms with Crippen molar-refractivity contribution >= 4 is 0 Å². The van der Waals surface area contributed by atoms with Gasteiger partial charge in [0.2, 0.25) is 0 Å². The maximum absolute atomic E-state index is 9.98. The SMILES string of the molecule is CCCC(C)(O)C(C)(C)NC. The molecule has 0 aromatic carbocycles. The second-order valence-corrected chi connectivity index (χ2v) is 3.90. The molecule has 0 amide bonds. The molecule has 2 heteroatoms. The van der Waals surface area contributed by atoms with E-state index in [-0.39, 0.29) is 5.54 Å². The van der Waals surface area contributed by atoms with Crippen LogP contribution in [-0.4, -0.2) is 23.3 Å². The second kappa shape index (κ2) is 3.55.